The van der Waals surface area contributed by atoms with Crippen LogP contribution in [0.2, 0.25) is 0 Å². The van der Waals surface area contributed by atoms with Gasteiger partial charge < -0.3 is 20.1 Å². The number of aliphatic hydroxyl groups is 1. The summed E-state index contributed by atoms with van der Waals surface area (Å²) in [4.78, 5) is 14.5. The molecule has 5 nitrogen and oxygen atoms in total. The lowest BCUT2D eigenvalue weighted by molar-refractivity contribution is -0.138. The van der Waals surface area contributed by atoms with Gasteiger partial charge in [0.05, 0.1) is 31.8 Å². The van der Waals surface area contributed by atoms with Gasteiger partial charge in [-0.05, 0) is 25.3 Å². The maximum absolute atomic E-state index is 12.6. The Morgan fingerprint density at radius 2 is 2.26 bits per heavy atom. The number of ether oxygens (including phenoxy) is 1. The molecule has 2 aliphatic heterocycles. The fourth-order valence-corrected chi connectivity index (χ4v) is 3.10. The molecular weight excluding hydrogens is 244 g/mol. The summed E-state index contributed by atoms with van der Waals surface area (Å²) in [5.41, 5.74) is 0. The normalized spacial score (nSPS) is 35.0. The van der Waals surface area contributed by atoms with Gasteiger partial charge in [0.1, 0.15) is 0 Å². The van der Waals surface area contributed by atoms with Crippen LogP contribution in [0.4, 0.5) is 0 Å². The first kappa shape index (κ1) is 14.8. The lowest BCUT2D eigenvalue weighted by atomic mass is 10.00. The first-order valence-electron chi connectivity index (χ1n) is 7.41. The van der Waals surface area contributed by atoms with Crippen LogP contribution >= 0.6 is 0 Å². The minimum atomic E-state index is -0.0918. The molecule has 0 saturated carbocycles. The van der Waals surface area contributed by atoms with Crippen molar-refractivity contribution in [3.05, 3.63) is 0 Å². The lowest BCUT2D eigenvalue weighted by Gasteiger charge is -2.29. The highest BCUT2D eigenvalue weighted by molar-refractivity contribution is 5.80. The summed E-state index contributed by atoms with van der Waals surface area (Å²) in [6.07, 6.45) is 2.04. The molecule has 19 heavy (non-hydrogen) atoms. The molecule has 0 radical (unpaired) electrons. The van der Waals surface area contributed by atoms with E-state index in [0.29, 0.717) is 19.1 Å². The molecule has 2 saturated heterocycles. The zero-order valence-corrected chi connectivity index (χ0v) is 12.0. The van der Waals surface area contributed by atoms with Gasteiger partial charge >= 0.3 is 0 Å². The van der Waals surface area contributed by atoms with E-state index in [1.54, 1.807) is 0 Å². The second-order valence-corrected chi connectivity index (χ2v) is 5.75. The number of hydrogen-bond acceptors (Lipinski definition) is 4. The van der Waals surface area contributed by atoms with E-state index in [2.05, 4.69) is 19.2 Å². The molecule has 2 N–H and O–H groups in total. The minimum absolute atomic E-state index is 0.0140. The van der Waals surface area contributed by atoms with Crippen molar-refractivity contribution in [1.82, 2.24) is 10.2 Å². The number of nitrogens with one attached hydrogen (secondary N) is 1. The molecule has 2 heterocycles. The number of hydrogen-bond donors (Lipinski definition) is 2. The Morgan fingerprint density at radius 1 is 1.47 bits per heavy atom. The highest BCUT2D eigenvalue weighted by Crippen LogP contribution is 2.27. The molecular formula is C14H26N2O3. The van der Waals surface area contributed by atoms with Crippen LogP contribution in [-0.2, 0) is 9.53 Å². The third-order valence-corrected chi connectivity index (χ3v) is 4.41. The molecule has 2 fully saturated rings. The van der Waals surface area contributed by atoms with Crippen LogP contribution in [0.15, 0.2) is 0 Å². The molecule has 0 aromatic heterocycles. The van der Waals surface area contributed by atoms with E-state index in [1.807, 2.05) is 4.90 Å². The van der Waals surface area contributed by atoms with Crippen LogP contribution < -0.4 is 5.32 Å². The predicted molar refractivity (Wildman–Crippen MR) is 72.8 cm³/mol. The predicted octanol–water partition coefficient (Wildman–Crippen LogP) is 0.230. The fourth-order valence-electron chi connectivity index (χ4n) is 3.10. The first-order valence-corrected chi connectivity index (χ1v) is 7.41. The van der Waals surface area contributed by atoms with E-state index < -0.39 is 0 Å². The van der Waals surface area contributed by atoms with E-state index in [-0.39, 0.29) is 30.5 Å². The Hall–Kier alpha value is -0.650. The second-order valence-electron chi connectivity index (χ2n) is 5.75. The minimum Gasteiger partial charge on any atom is -0.394 e. The average molecular weight is 270 g/mol. The lowest BCUT2D eigenvalue weighted by Crippen LogP contribution is -2.49. The standard InChI is InChI=1S/C14H26N2O3/c1-3-5-15-12-9-19-8-11(12)14(18)16-6-4-10(2)13(16)7-17/h10-13,15,17H,3-9H2,1-2H3. The summed E-state index contributed by atoms with van der Waals surface area (Å²) < 4.78 is 5.47. The maximum Gasteiger partial charge on any atom is 0.230 e. The summed E-state index contributed by atoms with van der Waals surface area (Å²) in [5.74, 6) is 0.443. The molecule has 0 aromatic rings. The highest BCUT2D eigenvalue weighted by atomic mass is 16.5. The third-order valence-electron chi connectivity index (χ3n) is 4.41. The SMILES string of the molecule is CCCNC1COCC1C(=O)N1CCC(C)C1CO. The van der Waals surface area contributed by atoms with E-state index in [1.165, 1.54) is 0 Å². The molecule has 2 rings (SSSR count). The van der Waals surface area contributed by atoms with Crippen LogP contribution in [0.5, 0.6) is 0 Å². The van der Waals surface area contributed by atoms with Crippen molar-refractivity contribution in [2.75, 3.05) is 32.9 Å². The largest absolute Gasteiger partial charge is 0.394 e. The van der Waals surface area contributed by atoms with Gasteiger partial charge in [-0.15, -0.1) is 0 Å². The van der Waals surface area contributed by atoms with Crippen LogP contribution in [-0.4, -0.2) is 60.9 Å². The van der Waals surface area contributed by atoms with Crippen molar-refractivity contribution < 1.29 is 14.6 Å². The number of rotatable bonds is 5. The fraction of sp³-hybridized carbons (Fsp3) is 0.929. The number of carbonyl (C=O) groups is 1. The molecule has 2 aliphatic rings. The maximum atomic E-state index is 12.6. The number of likely N-dealkylation sites (tertiary alicyclic amines) is 1. The zero-order chi connectivity index (χ0) is 13.8. The van der Waals surface area contributed by atoms with E-state index in [9.17, 15) is 9.90 Å². The quantitative estimate of drug-likeness (QED) is 0.751. The molecule has 110 valence electrons. The second kappa shape index (κ2) is 6.68. The van der Waals surface area contributed by atoms with Crippen molar-refractivity contribution in [2.24, 2.45) is 11.8 Å². The Balaban J connectivity index is 1.98. The van der Waals surface area contributed by atoms with Gasteiger partial charge in [-0.3, -0.25) is 4.79 Å². The zero-order valence-electron chi connectivity index (χ0n) is 12.0. The summed E-state index contributed by atoms with van der Waals surface area (Å²) in [6.45, 7) is 7.08. The Bertz CT molecular complexity index is 311. The number of amides is 1. The van der Waals surface area contributed by atoms with Gasteiger partial charge in [-0.2, -0.15) is 0 Å². The molecule has 4 atom stereocenters. The summed E-state index contributed by atoms with van der Waals surface area (Å²) in [6, 6.07) is 0.114. The van der Waals surface area contributed by atoms with Gasteiger partial charge in [0, 0.05) is 12.6 Å². The monoisotopic (exact) mass is 270 g/mol. The summed E-state index contributed by atoms with van der Waals surface area (Å²) in [7, 11) is 0. The van der Waals surface area contributed by atoms with Crippen molar-refractivity contribution in [2.45, 2.75) is 38.8 Å². The van der Waals surface area contributed by atoms with Crippen molar-refractivity contribution in [3.8, 4) is 0 Å². The third kappa shape index (κ3) is 3.09. The van der Waals surface area contributed by atoms with Crippen LogP contribution in [0, 0.1) is 11.8 Å². The van der Waals surface area contributed by atoms with Gasteiger partial charge in [0.2, 0.25) is 5.91 Å². The summed E-state index contributed by atoms with van der Waals surface area (Å²) in [5, 5.41) is 12.9. The van der Waals surface area contributed by atoms with Crippen LogP contribution in [0.25, 0.3) is 0 Å². The number of aliphatic hydroxyl groups excluding tert-OH is 1. The number of nitrogens with zero attached hydrogens (tertiary/aromatic N) is 1. The van der Waals surface area contributed by atoms with Crippen LogP contribution in [0.1, 0.15) is 26.7 Å². The smallest absolute Gasteiger partial charge is 0.230 e. The van der Waals surface area contributed by atoms with Crippen molar-refractivity contribution >= 4 is 5.91 Å². The topological polar surface area (TPSA) is 61.8 Å². The van der Waals surface area contributed by atoms with Gasteiger partial charge in [-0.1, -0.05) is 13.8 Å². The molecule has 5 heteroatoms. The van der Waals surface area contributed by atoms with Crippen molar-refractivity contribution in [1.29, 1.82) is 0 Å². The molecule has 0 aromatic carbocycles. The Labute approximate surface area is 115 Å². The van der Waals surface area contributed by atoms with Gasteiger partial charge in [0.15, 0.2) is 0 Å². The van der Waals surface area contributed by atoms with E-state index in [0.717, 1.165) is 25.9 Å². The van der Waals surface area contributed by atoms with Crippen LogP contribution in [0.3, 0.4) is 0 Å². The molecule has 0 bridgehead atoms. The highest BCUT2D eigenvalue weighted by Gasteiger charge is 2.41. The Morgan fingerprint density at radius 3 is 2.95 bits per heavy atom. The van der Waals surface area contributed by atoms with Gasteiger partial charge in [-0.25, -0.2) is 0 Å². The molecule has 1 amide bonds. The average Bonchev–Trinajstić information content (AvgIpc) is 3.01. The molecule has 4 unspecified atom stereocenters. The van der Waals surface area contributed by atoms with Gasteiger partial charge in [0.25, 0.3) is 0 Å². The van der Waals surface area contributed by atoms with E-state index in [4.69, 9.17) is 4.74 Å². The molecule has 0 spiro atoms. The van der Waals surface area contributed by atoms with Crippen molar-refractivity contribution in [3.63, 3.8) is 0 Å². The number of carbonyl (C=O) groups excluding carboxylic acids is 1. The Kier molecular flexibility index (Phi) is 5.19. The molecule has 0 aliphatic carbocycles. The first-order chi connectivity index (χ1) is 9.19. The van der Waals surface area contributed by atoms with E-state index >= 15 is 0 Å². The summed E-state index contributed by atoms with van der Waals surface area (Å²) >= 11 is 0.